The Morgan fingerprint density at radius 3 is 3.00 bits per heavy atom. The Balaban J connectivity index is 1.97. The fourth-order valence-electron chi connectivity index (χ4n) is 1.99. The molecule has 0 aromatic rings. The summed E-state index contributed by atoms with van der Waals surface area (Å²) in [5, 5.41) is 0. The zero-order valence-corrected chi connectivity index (χ0v) is 7.99. The smallest absolute Gasteiger partial charge is 0.173 e. The molecule has 2 rings (SSSR count). The Hall–Kier alpha value is -0.160. The lowest BCUT2D eigenvalue weighted by atomic mass is 10.0. The van der Waals surface area contributed by atoms with Crippen LogP contribution in [0.1, 0.15) is 19.8 Å². The Labute approximate surface area is 78.3 Å². The van der Waals surface area contributed by atoms with E-state index < -0.39 is 0 Å². The van der Waals surface area contributed by atoms with Crippen molar-refractivity contribution < 1.29 is 14.2 Å². The molecular formula is C9H17NO3. The van der Waals surface area contributed by atoms with E-state index in [0.717, 1.165) is 19.4 Å². The van der Waals surface area contributed by atoms with Crippen LogP contribution in [0.15, 0.2) is 0 Å². The molecule has 0 radical (unpaired) electrons. The van der Waals surface area contributed by atoms with Crippen molar-refractivity contribution in [3.8, 4) is 0 Å². The second-order valence-electron chi connectivity index (χ2n) is 3.83. The van der Waals surface area contributed by atoms with Gasteiger partial charge in [0.2, 0.25) is 0 Å². The van der Waals surface area contributed by atoms with Crippen LogP contribution in [-0.2, 0) is 14.2 Å². The Bertz CT molecular complexity index is 188. The molecule has 1 spiro atoms. The molecule has 0 bridgehead atoms. The average Bonchev–Trinajstić information content (AvgIpc) is 2.48. The summed E-state index contributed by atoms with van der Waals surface area (Å²) < 4.78 is 16.9. The van der Waals surface area contributed by atoms with Gasteiger partial charge in [-0.2, -0.15) is 0 Å². The molecule has 2 aliphatic heterocycles. The van der Waals surface area contributed by atoms with E-state index >= 15 is 0 Å². The van der Waals surface area contributed by atoms with Crippen LogP contribution in [-0.4, -0.2) is 37.8 Å². The molecule has 2 N–H and O–H groups in total. The summed E-state index contributed by atoms with van der Waals surface area (Å²) in [5.74, 6) is -0.387. The zero-order chi connectivity index (χ0) is 9.31. The first kappa shape index (κ1) is 9.40. The molecule has 76 valence electrons. The van der Waals surface area contributed by atoms with Gasteiger partial charge >= 0.3 is 0 Å². The van der Waals surface area contributed by atoms with Crippen LogP contribution in [0.2, 0.25) is 0 Å². The van der Waals surface area contributed by atoms with Crippen molar-refractivity contribution >= 4 is 0 Å². The molecule has 13 heavy (non-hydrogen) atoms. The number of rotatable bonds is 1. The van der Waals surface area contributed by atoms with E-state index in [2.05, 4.69) is 0 Å². The van der Waals surface area contributed by atoms with Crippen LogP contribution in [0.25, 0.3) is 0 Å². The summed E-state index contributed by atoms with van der Waals surface area (Å²) in [6.45, 7) is 3.93. The van der Waals surface area contributed by atoms with Crippen LogP contribution in [0.5, 0.6) is 0 Å². The Kier molecular flexibility index (Phi) is 2.55. The summed E-state index contributed by atoms with van der Waals surface area (Å²) in [6.07, 6.45) is 1.95. The molecule has 3 atom stereocenters. The monoisotopic (exact) mass is 187 g/mol. The van der Waals surface area contributed by atoms with E-state index in [-0.39, 0.29) is 18.0 Å². The van der Waals surface area contributed by atoms with Gasteiger partial charge in [0.1, 0.15) is 0 Å². The minimum Gasteiger partial charge on any atom is -0.378 e. The molecule has 0 aromatic carbocycles. The normalized spacial score (nSPS) is 45.7. The van der Waals surface area contributed by atoms with E-state index in [4.69, 9.17) is 19.9 Å². The lowest BCUT2D eigenvalue weighted by molar-refractivity contribution is -0.224. The Morgan fingerprint density at radius 1 is 1.54 bits per heavy atom. The highest BCUT2D eigenvalue weighted by atomic mass is 16.7. The topological polar surface area (TPSA) is 53.7 Å². The summed E-state index contributed by atoms with van der Waals surface area (Å²) >= 11 is 0. The van der Waals surface area contributed by atoms with Gasteiger partial charge in [0.15, 0.2) is 5.79 Å². The highest BCUT2D eigenvalue weighted by molar-refractivity contribution is 4.84. The minimum atomic E-state index is -0.387. The summed E-state index contributed by atoms with van der Waals surface area (Å²) in [7, 11) is 0. The van der Waals surface area contributed by atoms with Gasteiger partial charge in [-0.3, -0.25) is 0 Å². The second kappa shape index (κ2) is 3.53. The number of hydrogen-bond donors (Lipinski definition) is 1. The zero-order valence-electron chi connectivity index (χ0n) is 7.99. The number of nitrogens with two attached hydrogens (primary N) is 1. The van der Waals surface area contributed by atoms with E-state index in [9.17, 15) is 0 Å². The number of ether oxygens (including phenoxy) is 3. The molecule has 2 heterocycles. The van der Waals surface area contributed by atoms with Crippen LogP contribution in [0.4, 0.5) is 0 Å². The van der Waals surface area contributed by atoms with Gasteiger partial charge in [-0.1, -0.05) is 0 Å². The van der Waals surface area contributed by atoms with Crippen molar-refractivity contribution in [1.29, 1.82) is 0 Å². The molecule has 0 amide bonds. The predicted octanol–water partition coefficient (Wildman–Crippen LogP) is 0.256. The first-order chi connectivity index (χ1) is 6.24. The molecule has 0 aromatic heterocycles. The highest BCUT2D eigenvalue weighted by Crippen LogP contribution is 2.35. The van der Waals surface area contributed by atoms with Crippen LogP contribution in [0.3, 0.4) is 0 Å². The van der Waals surface area contributed by atoms with Gasteiger partial charge < -0.3 is 19.9 Å². The number of hydrogen-bond acceptors (Lipinski definition) is 4. The minimum absolute atomic E-state index is 0.0744. The Morgan fingerprint density at radius 2 is 2.38 bits per heavy atom. The summed E-state index contributed by atoms with van der Waals surface area (Å²) in [4.78, 5) is 0. The first-order valence-electron chi connectivity index (χ1n) is 4.87. The quantitative estimate of drug-likeness (QED) is 0.639. The third kappa shape index (κ3) is 1.86. The fourth-order valence-corrected chi connectivity index (χ4v) is 1.99. The van der Waals surface area contributed by atoms with Crippen molar-refractivity contribution in [3.63, 3.8) is 0 Å². The van der Waals surface area contributed by atoms with Gasteiger partial charge in [-0.05, 0) is 6.92 Å². The van der Waals surface area contributed by atoms with Crippen LogP contribution < -0.4 is 5.73 Å². The van der Waals surface area contributed by atoms with E-state index in [1.165, 1.54) is 0 Å². The van der Waals surface area contributed by atoms with Crippen LogP contribution >= 0.6 is 0 Å². The maximum Gasteiger partial charge on any atom is 0.173 e. The maximum absolute atomic E-state index is 5.78. The average molecular weight is 187 g/mol. The predicted molar refractivity (Wildman–Crippen MR) is 47.3 cm³/mol. The summed E-state index contributed by atoms with van der Waals surface area (Å²) in [5.41, 5.74) is 5.52. The van der Waals surface area contributed by atoms with Gasteiger partial charge in [0, 0.05) is 19.4 Å². The van der Waals surface area contributed by atoms with Crippen LogP contribution in [0, 0.1) is 0 Å². The second-order valence-corrected chi connectivity index (χ2v) is 3.83. The van der Waals surface area contributed by atoms with Crippen molar-refractivity contribution in [3.05, 3.63) is 0 Å². The lowest BCUT2D eigenvalue weighted by Crippen LogP contribution is -2.41. The van der Waals surface area contributed by atoms with Crippen molar-refractivity contribution in [1.82, 2.24) is 0 Å². The molecule has 0 aliphatic carbocycles. The first-order valence-corrected chi connectivity index (χ1v) is 4.87. The molecule has 2 fully saturated rings. The van der Waals surface area contributed by atoms with Gasteiger partial charge in [-0.15, -0.1) is 0 Å². The van der Waals surface area contributed by atoms with Gasteiger partial charge in [0.25, 0.3) is 0 Å². The largest absolute Gasteiger partial charge is 0.378 e. The van der Waals surface area contributed by atoms with E-state index in [0.29, 0.717) is 13.2 Å². The van der Waals surface area contributed by atoms with Gasteiger partial charge in [-0.25, -0.2) is 0 Å². The fraction of sp³-hybridized carbons (Fsp3) is 1.00. The molecular weight excluding hydrogens is 170 g/mol. The summed E-state index contributed by atoms with van der Waals surface area (Å²) in [6, 6.07) is 0. The maximum atomic E-state index is 5.78. The lowest BCUT2D eigenvalue weighted by Gasteiger charge is -2.35. The van der Waals surface area contributed by atoms with Crippen molar-refractivity contribution in [2.75, 3.05) is 19.8 Å². The SMILES string of the molecule is CC1CC2(CCO1)OCC(CN)O2. The molecule has 0 saturated carbocycles. The molecule has 3 unspecified atom stereocenters. The molecule has 2 saturated heterocycles. The van der Waals surface area contributed by atoms with Gasteiger partial charge in [0.05, 0.1) is 25.4 Å². The molecule has 4 nitrogen and oxygen atoms in total. The van der Waals surface area contributed by atoms with E-state index in [1.807, 2.05) is 6.92 Å². The third-order valence-electron chi connectivity index (χ3n) is 2.66. The highest BCUT2D eigenvalue weighted by Gasteiger charge is 2.44. The molecule has 4 heteroatoms. The van der Waals surface area contributed by atoms with Crippen molar-refractivity contribution in [2.24, 2.45) is 5.73 Å². The molecule has 2 aliphatic rings. The third-order valence-corrected chi connectivity index (χ3v) is 2.66. The standard InChI is InChI=1S/C9H17NO3/c1-7-4-9(2-3-11-7)12-6-8(5-10)13-9/h7-8H,2-6,10H2,1H3. The van der Waals surface area contributed by atoms with E-state index in [1.54, 1.807) is 0 Å². The van der Waals surface area contributed by atoms with Crippen molar-refractivity contribution in [2.45, 2.75) is 37.8 Å².